The zero-order chi connectivity index (χ0) is 12.0. The normalized spacial score (nSPS) is 10.8. The number of H-pyrrole nitrogens is 1. The number of pyridine rings is 1. The SMILES string of the molecule is N#Cc1cc2ccc3[nH]c(N)nc3c2nc1Cl. The molecule has 0 aliphatic heterocycles. The predicted octanol–water partition coefficient (Wildman–Crippen LogP) is 2.22. The lowest BCUT2D eigenvalue weighted by Crippen LogP contribution is -1.87. The van der Waals surface area contributed by atoms with Crippen LogP contribution in [0.4, 0.5) is 5.95 Å². The van der Waals surface area contributed by atoms with Crippen molar-refractivity contribution in [2.75, 3.05) is 5.73 Å². The number of nitrogens with zero attached hydrogens (tertiary/aromatic N) is 3. The molecule has 5 nitrogen and oxygen atoms in total. The highest BCUT2D eigenvalue weighted by Crippen LogP contribution is 2.26. The van der Waals surface area contributed by atoms with Crippen molar-refractivity contribution < 1.29 is 0 Å². The van der Waals surface area contributed by atoms with Crippen LogP contribution in [0.15, 0.2) is 18.2 Å². The number of fused-ring (bicyclic) bond motifs is 3. The standard InChI is InChI=1S/C11H6ClN5/c12-10-6(4-13)3-5-1-2-7-9(8(5)16-10)17-11(14)15-7/h1-3H,(H3,14,15,17). The smallest absolute Gasteiger partial charge is 0.198 e. The van der Waals surface area contributed by atoms with E-state index < -0.39 is 0 Å². The number of imidazole rings is 1. The number of hydrogen-bond acceptors (Lipinski definition) is 4. The Bertz CT molecular complexity index is 784. The highest BCUT2D eigenvalue weighted by molar-refractivity contribution is 6.31. The van der Waals surface area contributed by atoms with E-state index in [4.69, 9.17) is 22.6 Å². The van der Waals surface area contributed by atoms with E-state index >= 15 is 0 Å². The van der Waals surface area contributed by atoms with Crippen LogP contribution in [0.2, 0.25) is 5.15 Å². The Balaban J connectivity index is 2.51. The summed E-state index contributed by atoms with van der Waals surface area (Å²) in [6.07, 6.45) is 0. The topological polar surface area (TPSA) is 91.4 Å². The lowest BCUT2D eigenvalue weighted by molar-refractivity contribution is 1.34. The van der Waals surface area contributed by atoms with Crippen molar-refractivity contribution in [3.05, 3.63) is 28.9 Å². The number of anilines is 1. The largest absolute Gasteiger partial charge is 0.369 e. The van der Waals surface area contributed by atoms with Crippen LogP contribution >= 0.6 is 11.6 Å². The molecule has 3 aromatic rings. The molecule has 0 radical (unpaired) electrons. The molecule has 6 heteroatoms. The van der Waals surface area contributed by atoms with E-state index in [1.54, 1.807) is 6.07 Å². The number of hydrogen-bond donors (Lipinski definition) is 2. The molecule has 3 N–H and O–H groups in total. The van der Waals surface area contributed by atoms with Crippen LogP contribution in [-0.2, 0) is 0 Å². The van der Waals surface area contributed by atoms with E-state index in [0.717, 1.165) is 10.9 Å². The van der Waals surface area contributed by atoms with Gasteiger partial charge in [0.2, 0.25) is 0 Å². The van der Waals surface area contributed by atoms with E-state index in [2.05, 4.69) is 15.0 Å². The predicted molar refractivity (Wildman–Crippen MR) is 65.5 cm³/mol. The molecule has 0 fully saturated rings. The van der Waals surface area contributed by atoms with Crippen LogP contribution in [0, 0.1) is 11.3 Å². The van der Waals surface area contributed by atoms with Crippen LogP contribution in [0.3, 0.4) is 0 Å². The second-order valence-electron chi connectivity index (χ2n) is 3.59. The Morgan fingerprint density at radius 3 is 2.88 bits per heavy atom. The minimum Gasteiger partial charge on any atom is -0.369 e. The summed E-state index contributed by atoms with van der Waals surface area (Å²) in [7, 11) is 0. The van der Waals surface area contributed by atoms with Crippen molar-refractivity contribution in [3.8, 4) is 6.07 Å². The molecule has 0 bridgehead atoms. The number of aromatic amines is 1. The molecule has 0 aliphatic carbocycles. The van der Waals surface area contributed by atoms with E-state index in [1.807, 2.05) is 18.2 Å². The number of halogens is 1. The van der Waals surface area contributed by atoms with Gasteiger partial charge in [-0.15, -0.1) is 0 Å². The quantitative estimate of drug-likeness (QED) is 0.592. The monoisotopic (exact) mass is 243 g/mol. The van der Waals surface area contributed by atoms with Crippen molar-refractivity contribution in [2.24, 2.45) is 0 Å². The Kier molecular flexibility index (Phi) is 1.94. The Labute approximate surface area is 101 Å². The van der Waals surface area contributed by atoms with Gasteiger partial charge in [-0.1, -0.05) is 17.7 Å². The molecule has 2 heterocycles. The van der Waals surface area contributed by atoms with Crippen LogP contribution in [-0.4, -0.2) is 15.0 Å². The summed E-state index contributed by atoms with van der Waals surface area (Å²) >= 11 is 5.91. The number of nitriles is 1. The highest BCUT2D eigenvalue weighted by atomic mass is 35.5. The minimum absolute atomic E-state index is 0.175. The Morgan fingerprint density at radius 2 is 2.12 bits per heavy atom. The molecule has 0 atom stereocenters. The number of aromatic nitrogens is 3. The van der Waals surface area contributed by atoms with Gasteiger partial charge in [0.25, 0.3) is 0 Å². The first kappa shape index (κ1) is 9.87. The third-order valence-electron chi connectivity index (χ3n) is 2.53. The molecule has 0 aliphatic rings. The number of nitrogen functional groups attached to an aromatic ring is 1. The van der Waals surface area contributed by atoms with E-state index in [9.17, 15) is 0 Å². The maximum atomic E-state index is 8.88. The summed E-state index contributed by atoms with van der Waals surface area (Å²) in [5.74, 6) is 0.329. The fourth-order valence-electron chi connectivity index (χ4n) is 1.78. The van der Waals surface area contributed by atoms with Crippen molar-refractivity contribution in [3.63, 3.8) is 0 Å². The van der Waals surface area contributed by atoms with Crippen LogP contribution in [0.25, 0.3) is 21.9 Å². The zero-order valence-electron chi connectivity index (χ0n) is 8.53. The summed E-state index contributed by atoms with van der Waals surface area (Å²) in [6.45, 7) is 0. The lowest BCUT2D eigenvalue weighted by Gasteiger charge is -2.00. The van der Waals surface area contributed by atoms with Gasteiger partial charge in [-0.25, -0.2) is 9.97 Å². The lowest BCUT2D eigenvalue weighted by atomic mass is 10.1. The molecule has 2 aromatic heterocycles. The molecule has 0 amide bonds. The van der Waals surface area contributed by atoms with Gasteiger partial charge < -0.3 is 10.7 Å². The van der Waals surface area contributed by atoms with Crippen LogP contribution < -0.4 is 5.73 Å². The van der Waals surface area contributed by atoms with E-state index in [-0.39, 0.29) is 5.15 Å². The van der Waals surface area contributed by atoms with Crippen molar-refractivity contribution in [2.45, 2.75) is 0 Å². The van der Waals surface area contributed by atoms with E-state index in [1.165, 1.54) is 0 Å². The van der Waals surface area contributed by atoms with Crippen molar-refractivity contribution in [1.29, 1.82) is 5.26 Å². The maximum Gasteiger partial charge on any atom is 0.198 e. The molecule has 0 spiro atoms. The first-order chi connectivity index (χ1) is 8.19. The molecular weight excluding hydrogens is 238 g/mol. The van der Waals surface area contributed by atoms with E-state index in [0.29, 0.717) is 22.5 Å². The fourth-order valence-corrected chi connectivity index (χ4v) is 1.96. The first-order valence-corrected chi connectivity index (χ1v) is 5.21. The van der Waals surface area contributed by atoms with Crippen LogP contribution in [0.1, 0.15) is 5.56 Å². The molecule has 0 saturated heterocycles. The molecule has 0 saturated carbocycles. The molecule has 0 unspecified atom stereocenters. The Morgan fingerprint density at radius 1 is 1.29 bits per heavy atom. The average Bonchev–Trinajstić information content (AvgIpc) is 2.69. The maximum absolute atomic E-state index is 8.88. The van der Waals surface area contributed by atoms with Gasteiger partial charge >= 0.3 is 0 Å². The van der Waals surface area contributed by atoms with Gasteiger partial charge in [0.15, 0.2) is 5.95 Å². The number of benzene rings is 1. The summed E-state index contributed by atoms with van der Waals surface area (Å²) < 4.78 is 0. The summed E-state index contributed by atoms with van der Waals surface area (Å²) in [5, 5.41) is 9.86. The van der Waals surface area contributed by atoms with Gasteiger partial charge in [0.1, 0.15) is 16.7 Å². The molecule has 3 rings (SSSR count). The second kappa shape index (κ2) is 3.34. The number of nitrogens with two attached hydrogens (primary N) is 1. The second-order valence-corrected chi connectivity index (χ2v) is 3.95. The summed E-state index contributed by atoms with van der Waals surface area (Å²) in [5.41, 5.74) is 8.04. The van der Waals surface area contributed by atoms with Crippen LogP contribution in [0.5, 0.6) is 0 Å². The first-order valence-electron chi connectivity index (χ1n) is 4.83. The van der Waals surface area contributed by atoms with Crippen molar-refractivity contribution in [1.82, 2.24) is 15.0 Å². The van der Waals surface area contributed by atoms with Gasteiger partial charge in [-0.05, 0) is 12.1 Å². The molecule has 17 heavy (non-hydrogen) atoms. The zero-order valence-corrected chi connectivity index (χ0v) is 9.28. The third-order valence-corrected chi connectivity index (χ3v) is 2.82. The average molecular weight is 244 g/mol. The molecule has 1 aromatic carbocycles. The summed E-state index contributed by atoms with van der Waals surface area (Å²) in [6, 6.07) is 7.37. The number of rotatable bonds is 0. The molecular formula is C11H6ClN5. The van der Waals surface area contributed by atoms with Gasteiger partial charge in [0, 0.05) is 5.39 Å². The Hall–Kier alpha value is -2.32. The summed E-state index contributed by atoms with van der Waals surface area (Å²) in [4.78, 5) is 11.3. The third kappa shape index (κ3) is 1.39. The fraction of sp³-hybridized carbons (Fsp3) is 0. The van der Waals surface area contributed by atoms with Gasteiger partial charge in [-0.2, -0.15) is 5.26 Å². The van der Waals surface area contributed by atoms with Gasteiger partial charge in [-0.3, -0.25) is 0 Å². The minimum atomic E-state index is 0.175. The van der Waals surface area contributed by atoms with Crippen molar-refractivity contribution >= 4 is 39.5 Å². The molecule has 82 valence electrons. The number of nitrogens with one attached hydrogen (secondary N) is 1. The van der Waals surface area contributed by atoms with Gasteiger partial charge in [0.05, 0.1) is 16.6 Å². The highest BCUT2D eigenvalue weighted by Gasteiger charge is 2.10.